The van der Waals surface area contributed by atoms with Gasteiger partial charge in [-0.2, -0.15) is 4.31 Å². The molecule has 3 rings (SSSR count). The van der Waals surface area contributed by atoms with Crippen LogP contribution in [0.15, 0.2) is 35.3 Å². The lowest BCUT2D eigenvalue weighted by Gasteiger charge is -2.39. The molecular weight excluding hydrogens is 664 g/mol. The zero-order chi connectivity index (χ0) is 37.4. The molecule has 0 saturated carbocycles. The summed E-state index contributed by atoms with van der Waals surface area (Å²) < 4.78 is 38.6. The fourth-order valence-electron chi connectivity index (χ4n) is 6.47. The van der Waals surface area contributed by atoms with Crippen LogP contribution in [0.25, 0.3) is 0 Å². The molecule has 2 aliphatic heterocycles. The minimum absolute atomic E-state index is 0.0366. The van der Waals surface area contributed by atoms with E-state index in [0.29, 0.717) is 38.8 Å². The number of primary amides is 1. The summed E-state index contributed by atoms with van der Waals surface area (Å²) >= 11 is 0. The third kappa shape index (κ3) is 12.1. The predicted molar refractivity (Wildman–Crippen MR) is 190 cm³/mol. The highest BCUT2D eigenvalue weighted by molar-refractivity contribution is 7.88. The average molecular weight is 721 g/mol. The molecule has 3 unspecified atom stereocenters. The lowest BCUT2D eigenvalue weighted by atomic mass is 9.86. The quantitative estimate of drug-likeness (QED) is 0.164. The van der Waals surface area contributed by atoms with Gasteiger partial charge in [-0.25, -0.2) is 23.2 Å². The van der Waals surface area contributed by atoms with Crippen molar-refractivity contribution in [3.05, 3.63) is 35.9 Å². The number of carbonyl (C=O) groups excluding carboxylic acids is 4. The minimum atomic E-state index is -3.91. The number of hydrazine groups is 1. The van der Waals surface area contributed by atoms with Gasteiger partial charge in [0.15, 0.2) is 0 Å². The molecule has 0 aliphatic carbocycles. The topological polar surface area (TPSA) is 195 Å². The van der Waals surface area contributed by atoms with Gasteiger partial charge >= 0.3 is 6.16 Å². The van der Waals surface area contributed by atoms with Gasteiger partial charge in [0, 0.05) is 31.3 Å². The number of nitrogens with zero attached hydrogens (tertiary/aromatic N) is 4. The standard InChI is InChI=1S/C35H56N6O8S/c1-24(49-33(45)48-23-34(2,3)4)20-35(5,6)32(44)38-21-27-18-26(15-17-40(27)37)22-41(50(7,46)47)29(19-25-12-9-8-10-13-25)31(43)39-16-11-14-28(39)30(36)42/h8-10,12-13,21,24,26-29H,11,14-20,22-23,37H2,1-7H3,(H2,36,42)/t24?,26?,27?,28-,29+/m0/s1. The molecule has 0 bridgehead atoms. The van der Waals surface area contributed by atoms with Crippen LogP contribution in [0.5, 0.6) is 0 Å². The lowest BCUT2D eigenvalue weighted by molar-refractivity contribution is -0.140. The molecule has 0 radical (unpaired) electrons. The number of hydrogen-bond donors (Lipinski definition) is 2. The first-order chi connectivity index (χ1) is 23.2. The smallest absolute Gasteiger partial charge is 0.434 e. The Morgan fingerprint density at radius 1 is 1.08 bits per heavy atom. The highest BCUT2D eigenvalue weighted by Gasteiger charge is 2.42. The van der Waals surface area contributed by atoms with Crippen molar-refractivity contribution in [3.63, 3.8) is 0 Å². The second-order valence-electron chi connectivity index (χ2n) is 15.5. The average Bonchev–Trinajstić information content (AvgIpc) is 3.51. The van der Waals surface area contributed by atoms with E-state index in [1.54, 1.807) is 25.8 Å². The summed E-state index contributed by atoms with van der Waals surface area (Å²) in [5, 5.41) is 1.57. The largest absolute Gasteiger partial charge is 0.508 e. The summed E-state index contributed by atoms with van der Waals surface area (Å²) in [6.45, 7) is 11.9. The van der Waals surface area contributed by atoms with E-state index >= 15 is 0 Å². The van der Waals surface area contributed by atoms with E-state index in [9.17, 15) is 27.6 Å². The molecule has 0 spiro atoms. The van der Waals surface area contributed by atoms with Crippen molar-refractivity contribution in [2.24, 2.45) is 33.3 Å². The van der Waals surface area contributed by atoms with Gasteiger partial charge < -0.3 is 20.1 Å². The fraction of sp³-hybridized carbons (Fsp3) is 0.686. The molecule has 2 heterocycles. The zero-order valence-corrected chi connectivity index (χ0v) is 31.4. The molecule has 14 nitrogen and oxygen atoms in total. The number of hydrogen-bond acceptors (Lipinski definition) is 10. The molecule has 5 atom stereocenters. The number of rotatable bonds is 14. The van der Waals surface area contributed by atoms with Crippen molar-refractivity contribution in [2.45, 2.75) is 104 Å². The second-order valence-corrected chi connectivity index (χ2v) is 17.5. The van der Waals surface area contributed by atoms with Crippen LogP contribution in [-0.2, 0) is 40.3 Å². The number of likely N-dealkylation sites (tertiary alicyclic amines) is 1. The monoisotopic (exact) mass is 720 g/mol. The van der Waals surface area contributed by atoms with Crippen molar-refractivity contribution < 1.29 is 37.1 Å². The molecule has 0 aromatic heterocycles. The van der Waals surface area contributed by atoms with Crippen LogP contribution in [-0.4, -0.2) is 109 Å². The highest BCUT2D eigenvalue weighted by Crippen LogP contribution is 2.29. The molecule has 1 aromatic carbocycles. The van der Waals surface area contributed by atoms with Crippen LogP contribution in [0.1, 0.15) is 79.2 Å². The number of piperidine rings is 1. The van der Waals surface area contributed by atoms with Gasteiger partial charge in [0.1, 0.15) is 18.2 Å². The molecule has 2 saturated heterocycles. The van der Waals surface area contributed by atoms with Crippen molar-refractivity contribution in [3.8, 4) is 0 Å². The summed E-state index contributed by atoms with van der Waals surface area (Å²) in [7, 11) is -3.91. The molecule has 50 heavy (non-hydrogen) atoms. The van der Waals surface area contributed by atoms with Crippen LogP contribution >= 0.6 is 0 Å². The number of benzene rings is 1. The predicted octanol–water partition coefficient (Wildman–Crippen LogP) is 2.89. The first kappa shape index (κ1) is 41.0. The Bertz CT molecular complexity index is 1480. The van der Waals surface area contributed by atoms with Crippen molar-refractivity contribution in [2.75, 3.05) is 32.5 Å². The van der Waals surface area contributed by atoms with Gasteiger partial charge in [-0.3, -0.25) is 20.2 Å². The summed E-state index contributed by atoms with van der Waals surface area (Å²) in [6.07, 6.45) is 3.46. The number of ether oxygens (including phenoxy) is 2. The number of aliphatic imine (C=N–C) groups is 1. The normalized spacial score (nSPS) is 22.0. The summed E-state index contributed by atoms with van der Waals surface area (Å²) in [5.41, 5.74) is 5.21. The first-order valence-electron chi connectivity index (χ1n) is 17.2. The van der Waals surface area contributed by atoms with E-state index < -0.39 is 63.5 Å². The summed E-state index contributed by atoms with van der Waals surface area (Å²) in [4.78, 5) is 57.3. The maximum atomic E-state index is 14.1. The SMILES string of the molecule is CC(CC(C)(C)C(=O)N=CC1CC(CN([C@H](Cc2ccccc2)C(=O)N2CCC[C@H]2C(N)=O)S(C)(=O)=O)CCN1N)OC(=O)OCC(C)(C)C. The van der Waals surface area contributed by atoms with Crippen LogP contribution < -0.4 is 11.6 Å². The van der Waals surface area contributed by atoms with Gasteiger partial charge in [-0.05, 0) is 62.3 Å². The molecule has 280 valence electrons. The highest BCUT2D eigenvalue weighted by atomic mass is 32.2. The summed E-state index contributed by atoms with van der Waals surface area (Å²) in [5.74, 6) is 4.60. The lowest BCUT2D eigenvalue weighted by Crippen LogP contribution is -2.57. The third-order valence-electron chi connectivity index (χ3n) is 9.09. The minimum Gasteiger partial charge on any atom is -0.434 e. The van der Waals surface area contributed by atoms with Gasteiger partial charge in [0.25, 0.3) is 5.91 Å². The molecule has 2 aliphatic rings. The number of sulfonamides is 1. The molecule has 2 fully saturated rings. The fourth-order valence-corrected chi connectivity index (χ4v) is 7.58. The Balaban J connectivity index is 1.74. The van der Waals surface area contributed by atoms with Crippen LogP contribution in [0.3, 0.4) is 0 Å². The van der Waals surface area contributed by atoms with Crippen LogP contribution in [0, 0.1) is 16.7 Å². The van der Waals surface area contributed by atoms with E-state index in [-0.39, 0.29) is 37.3 Å². The first-order valence-corrected chi connectivity index (χ1v) is 19.1. The second kappa shape index (κ2) is 17.2. The maximum Gasteiger partial charge on any atom is 0.508 e. The van der Waals surface area contributed by atoms with Crippen molar-refractivity contribution >= 4 is 40.1 Å². The third-order valence-corrected chi connectivity index (χ3v) is 10.3. The summed E-state index contributed by atoms with van der Waals surface area (Å²) in [6, 6.07) is 6.80. The van der Waals surface area contributed by atoms with E-state index in [4.69, 9.17) is 21.1 Å². The molecule has 15 heteroatoms. The van der Waals surface area contributed by atoms with Gasteiger partial charge in [-0.15, -0.1) is 0 Å². The van der Waals surface area contributed by atoms with E-state index in [2.05, 4.69) is 4.99 Å². The van der Waals surface area contributed by atoms with Gasteiger partial charge in [0.2, 0.25) is 21.8 Å². The Hall–Kier alpha value is -3.40. The molecular formula is C35H56N6O8S. The van der Waals surface area contributed by atoms with Crippen molar-refractivity contribution in [1.29, 1.82) is 0 Å². The molecule has 3 amide bonds. The Morgan fingerprint density at radius 2 is 1.74 bits per heavy atom. The number of carbonyl (C=O) groups is 4. The van der Waals surface area contributed by atoms with E-state index in [0.717, 1.165) is 11.8 Å². The van der Waals surface area contributed by atoms with Gasteiger partial charge in [-0.1, -0.05) is 65.0 Å². The van der Waals surface area contributed by atoms with Crippen LogP contribution in [0.2, 0.25) is 0 Å². The Morgan fingerprint density at radius 3 is 2.34 bits per heavy atom. The van der Waals surface area contributed by atoms with E-state index in [1.807, 2.05) is 51.1 Å². The maximum absolute atomic E-state index is 14.1. The van der Waals surface area contributed by atoms with Crippen molar-refractivity contribution in [1.82, 2.24) is 14.2 Å². The number of amides is 3. The van der Waals surface area contributed by atoms with E-state index in [1.165, 1.54) is 15.4 Å². The van der Waals surface area contributed by atoms with Crippen LogP contribution in [0.4, 0.5) is 4.79 Å². The van der Waals surface area contributed by atoms with Gasteiger partial charge in [0.05, 0.1) is 18.9 Å². The molecule has 4 N–H and O–H groups in total. The Labute approximate surface area is 296 Å². The molecule has 1 aromatic rings. The Kier molecular flexibility index (Phi) is 14.1. The zero-order valence-electron chi connectivity index (χ0n) is 30.5. The number of nitrogens with two attached hydrogens (primary N) is 2.